The number of hydrogen-bond donors (Lipinski definition) is 2. The maximum Gasteiger partial charge on any atom is 0.569 e. The van der Waals surface area contributed by atoms with Crippen LogP contribution in [0.4, 0.5) is 4.39 Å². The summed E-state index contributed by atoms with van der Waals surface area (Å²) in [7, 11) is 0.981. The van der Waals surface area contributed by atoms with Crippen molar-refractivity contribution in [3.05, 3.63) is 310 Å². The number of carboxylic acids is 1. The number of nitrogens with zero attached hydrogens (tertiary/aromatic N) is 1. The molecular formula is C81H69BBr3ClFI3NO8S3Si. The third kappa shape index (κ3) is 31.9. The number of aldehydes is 3. The lowest BCUT2D eigenvalue weighted by molar-refractivity contribution is 0.0695. The molecule has 9 nitrogen and oxygen atoms in total. The number of rotatable bonds is 17. The fourth-order valence-corrected chi connectivity index (χ4v) is 15.1. The zero-order chi connectivity index (χ0) is 75.3. The molecule has 10 aromatic carbocycles. The SMILES string of the molecule is CC#C[Si](C)(C)C.CC#Cc1ccc(SCc2ccccc2)cc1C=O.COc1cc(-c2cccc(F)c2)c(Cl)cc1O[B]O.Cc1ncc2cc(SCc3ccccc3)ccc2c1I.O=C(O)c1cc(I)ccc1Br.O=Cc1cc(I)ccc1Br.O=Cc1cc(SCc2ccccc2)ccc1Br. The van der Waals surface area contributed by atoms with E-state index in [0.29, 0.717) is 56.3 Å². The van der Waals surface area contributed by atoms with Crippen molar-refractivity contribution in [3.63, 3.8) is 0 Å². The Bertz CT molecular complexity index is 4750. The molecule has 1 radical (unpaired) electrons. The summed E-state index contributed by atoms with van der Waals surface area (Å²) in [5.74, 6) is 10.9. The molecule has 0 aliphatic rings. The number of hydrogen-bond acceptors (Lipinski definition) is 11. The maximum absolute atomic E-state index is 13.2. The quantitative estimate of drug-likeness (QED) is 0.0295. The van der Waals surface area contributed by atoms with Gasteiger partial charge in [0.1, 0.15) is 19.6 Å². The van der Waals surface area contributed by atoms with Crippen molar-refractivity contribution in [2.75, 3.05) is 7.11 Å². The van der Waals surface area contributed by atoms with Crippen LogP contribution in [0.25, 0.3) is 21.9 Å². The minimum absolute atomic E-state index is 0.273. The Morgan fingerprint density at radius 2 is 1.10 bits per heavy atom. The summed E-state index contributed by atoms with van der Waals surface area (Å²) in [5, 5.41) is 20.2. The van der Waals surface area contributed by atoms with Gasteiger partial charge >= 0.3 is 13.7 Å². The van der Waals surface area contributed by atoms with Crippen molar-refractivity contribution < 1.29 is 43.1 Å². The lowest BCUT2D eigenvalue weighted by Crippen LogP contribution is -2.15. The summed E-state index contributed by atoms with van der Waals surface area (Å²) in [4.78, 5) is 50.7. The standard InChI is InChI=1S/C17H14INS.C17H14OS.C14H11BrOS.C13H10BClFO3.C7H4BrIO2.C7H4BrIO.C6H12Si/c1-12-17(18)16-8-7-15(9-14(16)10-19-12)20-11-13-5-3-2-4-6-13;1-2-6-15-9-10-17(11-16(15)12-18)19-13-14-7-4-3-5-8-14;15-14-7-6-13(8-12(14)9-16)17-10-11-4-2-1-3-5-11;1-18-12-6-10(8-3-2-4-9(16)5-8)11(15)7-13(12)19-14-17;8-6-2-1-4(9)3-5(6)7(10)11;8-7-2-1-6(9)3-5(7)4-10;1-5-6-7(2,3)4/h2-10H,11H2,1H3;3-5,7-12H,13H2,1H3;1-9H,10H2;2-7,17H,1H3;1-3H,(H,10,11);1-4H;1-4H3. The number of carbonyl (C=O) groups excluding carboxylic acids is 3. The van der Waals surface area contributed by atoms with E-state index in [1.54, 1.807) is 60.8 Å². The second kappa shape index (κ2) is 47.5. The highest BCUT2D eigenvalue weighted by Gasteiger charge is 2.14. The van der Waals surface area contributed by atoms with Gasteiger partial charge in [0.25, 0.3) is 0 Å². The van der Waals surface area contributed by atoms with E-state index in [1.807, 2.05) is 122 Å². The van der Waals surface area contributed by atoms with Gasteiger partial charge in [-0.05, 0) is 235 Å². The van der Waals surface area contributed by atoms with Crippen LogP contribution in [0.15, 0.2) is 253 Å². The molecular weight excluding hydrogens is 1920 g/mol. The van der Waals surface area contributed by atoms with Gasteiger partial charge in [-0.25, -0.2) is 9.18 Å². The molecule has 0 amide bonds. The average Bonchev–Trinajstić information content (AvgIpc) is 0.815. The zero-order valence-corrected chi connectivity index (χ0v) is 72.3. The van der Waals surface area contributed by atoms with Crippen LogP contribution in [-0.4, -0.2) is 62.8 Å². The van der Waals surface area contributed by atoms with Crippen LogP contribution in [0.2, 0.25) is 24.7 Å². The monoisotopic (exact) mass is 1990 g/mol. The van der Waals surface area contributed by atoms with Gasteiger partial charge in [0, 0.05) is 102 Å². The number of methoxy groups -OCH3 is 1. The third-order valence-corrected chi connectivity index (χ3v) is 22.9. The van der Waals surface area contributed by atoms with Gasteiger partial charge in [-0.3, -0.25) is 19.4 Å². The first-order chi connectivity index (χ1) is 49.4. The van der Waals surface area contributed by atoms with Crippen molar-refractivity contribution in [3.8, 4) is 45.9 Å². The molecule has 2 N–H and O–H groups in total. The molecule has 0 fully saturated rings. The fourth-order valence-electron chi connectivity index (χ4n) is 8.62. The largest absolute Gasteiger partial charge is 0.569 e. The second-order valence-corrected chi connectivity index (χ2v) is 36.8. The van der Waals surface area contributed by atoms with E-state index in [-0.39, 0.29) is 11.6 Å². The van der Waals surface area contributed by atoms with Gasteiger partial charge in [-0.15, -0.1) is 52.7 Å². The van der Waals surface area contributed by atoms with Gasteiger partial charge < -0.3 is 19.5 Å². The van der Waals surface area contributed by atoms with E-state index in [2.05, 4.69) is 243 Å². The number of benzene rings is 10. The number of thioether (sulfide) groups is 3. The molecule has 0 saturated heterocycles. The number of carbonyl (C=O) groups is 4. The first-order valence-electron chi connectivity index (χ1n) is 31.0. The van der Waals surface area contributed by atoms with Gasteiger partial charge in [-0.2, -0.15) is 0 Å². The molecule has 11 aromatic rings. The summed E-state index contributed by atoms with van der Waals surface area (Å²) in [6, 6.07) is 69.5. The van der Waals surface area contributed by atoms with E-state index >= 15 is 0 Å². The van der Waals surface area contributed by atoms with Gasteiger partial charge in [-0.1, -0.05) is 178 Å². The maximum atomic E-state index is 13.2. The van der Waals surface area contributed by atoms with Gasteiger partial charge in [0.15, 0.2) is 24.6 Å². The number of ether oxygens (including phenoxy) is 1. The summed E-state index contributed by atoms with van der Waals surface area (Å²) in [6.45, 7) is 12.4. The third-order valence-electron chi connectivity index (χ3n) is 13.5. The first-order valence-corrected chi connectivity index (χ1v) is 43.5. The van der Waals surface area contributed by atoms with Crippen molar-refractivity contribution in [1.82, 2.24) is 4.98 Å². The molecule has 1 heterocycles. The minimum atomic E-state index is -1.02. The van der Waals surface area contributed by atoms with Crippen molar-refractivity contribution in [2.24, 2.45) is 0 Å². The molecule has 0 bridgehead atoms. The highest BCUT2D eigenvalue weighted by Crippen LogP contribution is 2.39. The van der Waals surface area contributed by atoms with Crippen molar-refractivity contribution in [1.29, 1.82) is 0 Å². The van der Waals surface area contributed by atoms with E-state index in [4.69, 9.17) is 31.1 Å². The lowest BCUT2D eigenvalue weighted by atomic mass is 10.0. The Balaban J connectivity index is 0.000000221. The Morgan fingerprint density at radius 1 is 0.602 bits per heavy atom. The molecule has 0 atom stereocenters. The van der Waals surface area contributed by atoms with Crippen LogP contribution >= 0.6 is 162 Å². The van der Waals surface area contributed by atoms with E-state index in [9.17, 15) is 23.6 Å². The molecule has 0 spiro atoms. The summed E-state index contributed by atoms with van der Waals surface area (Å²) < 4.78 is 28.8. The number of aryl methyl sites for hydroxylation is 1. The fraction of sp³-hybridized carbons (Fsp3) is 0.123. The van der Waals surface area contributed by atoms with Crippen LogP contribution in [0.1, 0.15) is 83.2 Å². The van der Waals surface area contributed by atoms with Crippen LogP contribution in [-0.2, 0) is 17.3 Å². The Hall–Kier alpha value is -6.05. The predicted molar refractivity (Wildman–Crippen MR) is 466 cm³/mol. The van der Waals surface area contributed by atoms with E-state index in [0.717, 1.165) is 73.3 Å². The smallest absolute Gasteiger partial charge is 0.535 e. The molecule has 103 heavy (non-hydrogen) atoms. The molecule has 0 aliphatic carbocycles. The second-order valence-electron chi connectivity index (χ2n) is 22.3. The number of fused-ring (bicyclic) bond motifs is 1. The zero-order valence-electron chi connectivity index (χ0n) is 56.8. The molecule has 11 rings (SSSR count). The van der Waals surface area contributed by atoms with E-state index < -0.39 is 14.0 Å². The Labute approximate surface area is 689 Å². The van der Waals surface area contributed by atoms with Crippen LogP contribution in [0, 0.1) is 46.8 Å². The first kappa shape index (κ1) is 87.6. The lowest BCUT2D eigenvalue weighted by Gasteiger charge is -2.12. The molecule has 527 valence electrons. The normalized spacial score (nSPS) is 10.0. The van der Waals surface area contributed by atoms with Crippen molar-refractivity contribution in [2.45, 2.75) is 72.4 Å². The molecule has 0 aliphatic heterocycles. The summed E-state index contributed by atoms with van der Waals surface area (Å²) in [5.41, 5.74) is 12.6. The molecule has 0 saturated carbocycles. The van der Waals surface area contributed by atoms with Crippen LogP contribution < -0.4 is 9.39 Å². The van der Waals surface area contributed by atoms with Gasteiger partial charge in [0.05, 0.1) is 23.4 Å². The van der Waals surface area contributed by atoms with Crippen LogP contribution in [0.3, 0.4) is 0 Å². The Kier molecular flexibility index (Phi) is 40.4. The van der Waals surface area contributed by atoms with E-state index in [1.165, 1.54) is 61.2 Å². The Morgan fingerprint density at radius 3 is 1.56 bits per heavy atom. The summed E-state index contributed by atoms with van der Waals surface area (Å²) >= 11 is 27.8. The highest BCUT2D eigenvalue weighted by molar-refractivity contribution is 14.1. The number of halogens is 8. The molecule has 1 aromatic heterocycles. The predicted octanol–water partition coefficient (Wildman–Crippen LogP) is 24.7. The highest BCUT2D eigenvalue weighted by atomic mass is 127. The number of aromatic carboxylic acids is 1. The van der Waals surface area contributed by atoms with Gasteiger partial charge in [0.2, 0.25) is 0 Å². The van der Waals surface area contributed by atoms with Crippen molar-refractivity contribution >= 4 is 214 Å². The van der Waals surface area contributed by atoms with Crippen LogP contribution in [0.5, 0.6) is 11.5 Å². The molecule has 22 heteroatoms. The minimum Gasteiger partial charge on any atom is -0.535 e. The summed E-state index contributed by atoms with van der Waals surface area (Å²) in [6.07, 6.45) is 4.55. The number of pyridine rings is 1. The number of carboxylic acid groups (broad SMARTS) is 1. The number of aromatic nitrogens is 1. The topological polar surface area (TPSA) is 140 Å². The average molecular weight is 1990 g/mol. The molecule has 0 unspecified atom stereocenters.